The molecule has 1 fully saturated rings. The van der Waals surface area contributed by atoms with Crippen LogP contribution in [0.1, 0.15) is 6.42 Å². The minimum Gasteiger partial charge on any atom is -0.394 e. The Balaban J connectivity index is 2.45. The summed E-state index contributed by atoms with van der Waals surface area (Å²) in [6, 6.07) is 0. The molecule has 1 aliphatic heterocycles. The Morgan fingerprint density at radius 1 is 1.50 bits per heavy atom. The van der Waals surface area contributed by atoms with Crippen LogP contribution in [0.4, 0.5) is 0 Å². The molecular formula is C8H14O6. The first-order valence-corrected chi connectivity index (χ1v) is 4.36. The van der Waals surface area contributed by atoms with E-state index in [-0.39, 0.29) is 13.0 Å². The highest BCUT2D eigenvalue weighted by Crippen LogP contribution is 2.20. The Kier molecular flexibility index (Phi) is 4.43. The van der Waals surface area contributed by atoms with Crippen LogP contribution in [0, 0.1) is 0 Å². The van der Waals surface area contributed by atoms with Gasteiger partial charge in [0.1, 0.15) is 25.1 Å². The van der Waals surface area contributed by atoms with Gasteiger partial charge in [-0.15, -0.1) is 0 Å². The highest BCUT2D eigenvalue weighted by molar-refractivity contribution is 5.50. The van der Waals surface area contributed by atoms with Gasteiger partial charge in [0.2, 0.25) is 0 Å². The summed E-state index contributed by atoms with van der Waals surface area (Å²) >= 11 is 0. The maximum absolute atomic E-state index is 10.0. The summed E-state index contributed by atoms with van der Waals surface area (Å²) < 4.78 is 9.99. The van der Waals surface area contributed by atoms with Crippen LogP contribution >= 0.6 is 0 Å². The van der Waals surface area contributed by atoms with Gasteiger partial charge in [0.05, 0.1) is 12.7 Å². The maximum Gasteiger partial charge on any atom is 0.161 e. The molecule has 0 aromatic carbocycles. The van der Waals surface area contributed by atoms with Gasteiger partial charge in [-0.25, -0.2) is 0 Å². The smallest absolute Gasteiger partial charge is 0.161 e. The number of ether oxygens (including phenoxy) is 2. The second-order valence-corrected chi connectivity index (χ2v) is 3.08. The number of hydrogen-bond donors (Lipinski definition) is 3. The molecule has 1 saturated heterocycles. The van der Waals surface area contributed by atoms with Crippen LogP contribution in [0.2, 0.25) is 0 Å². The van der Waals surface area contributed by atoms with E-state index in [1.165, 1.54) is 0 Å². The van der Waals surface area contributed by atoms with Crippen molar-refractivity contribution in [2.45, 2.75) is 31.0 Å². The van der Waals surface area contributed by atoms with Crippen LogP contribution in [-0.4, -0.2) is 59.4 Å². The van der Waals surface area contributed by atoms with E-state index in [4.69, 9.17) is 14.6 Å². The van der Waals surface area contributed by atoms with Crippen molar-refractivity contribution in [1.29, 1.82) is 0 Å². The summed E-state index contributed by atoms with van der Waals surface area (Å²) in [4.78, 5) is 10.0. The Hall–Kier alpha value is -0.530. The molecule has 4 unspecified atom stereocenters. The van der Waals surface area contributed by atoms with Crippen LogP contribution in [0.15, 0.2) is 0 Å². The Morgan fingerprint density at radius 2 is 2.21 bits per heavy atom. The van der Waals surface area contributed by atoms with Gasteiger partial charge in [0, 0.05) is 6.42 Å². The molecule has 0 aromatic rings. The van der Waals surface area contributed by atoms with Crippen molar-refractivity contribution in [2.24, 2.45) is 0 Å². The van der Waals surface area contributed by atoms with E-state index in [1.54, 1.807) is 0 Å². The molecule has 0 aliphatic carbocycles. The van der Waals surface area contributed by atoms with Crippen molar-refractivity contribution in [1.82, 2.24) is 0 Å². The summed E-state index contributed by atoms with van der Waals surface area (Å²) in [6.45, 7) is -0.537. The van der Waals surface area contributed by atoms with E-state index in [9.17, 15) is 15.0 Å². The maximum atomic E-state index is 10.0. The van der Waals surface area contributed by atoms with Crippen LogP contribution < -0.4 is 0 Å². The number of aliphatic hydroxyl groups excluding tert-OH is 3. The molecule has 0 radical (unpaired) electrons. The molecule has 0 aromatic heterocycles. The van der Waals surface area contributed by atoms with E-state index in [0.717, 1.165) is 0 Å². The van der Waals surface area contributed by atoms with Gasteiger partial charge in [-0.1, -0.05) is 0 Å². The molecule has 1 rings (SSSR count). The monoisotopic (exact) mass is 206 g/mol. The predicted octanol–water partition coefficient (Wildman–Crippen LogP) is -1.97. The minimum atomic E-state index is -1.11. The van der Waals surface area contributed by atoms with E-state index in [2.05, 4.69) is 0 Å². The SMILES string of the molecule is O=CCOC1CC(O)C(O)C(CO)O1. The molecule has 82 valence electrons. The number of aliphatic hydroxyl groups is 3. The Morgan fingerprint density at radius 3 is 2.79 bits per heavy atom. The standard InChI is InChI=1S/C8H14O6/c9-1-2-13-7-3-5(11)8(12)6(4-10)14-7/h1,5-8,10-12H,2-4H2. The van der Waals surface area contributed by atoms with Crippen LogP contribution in [0.25, 0.3) is 0 Å². The largest absolute Gasteiger partial charge is 0.394 e. The highest BCUT2D eigenvalue weighted by Gasteiger charge is 2.36. The average Bonchev–Trinajstić information content (AvgIpc) is 2.19. The summed E-state index contributed by atoms with van der Waals surface area (Å²) in [7, 11) is 0. The zero-order valence-electron chi connectivity index (χ0n) is 7.57. The van der Waals surface area contributed by atoms with Gasteiger partial charge in [-0.3, -0.25) is 0 Å². The first kappa shape index (κ1) is 11.5. The quantitative estimate of drug-likeness (QED) is 0.462. The minimum absolute atomic E-state index is 0.0888. The van der Waals surface area contributed by atoms with Crippen LogP contribution in [0.5, 0.6) is 0 Å². The molecule has 0 amide bonds. The Bertz CT molecular complexity index is 185. The molecular weight excluding hydrogens is 192 g/mol. The summed E-state index contributed by atoms with van der Waals surface area (Å²) in [5.74, 6) is 0. The van der Waals surface area contributed by atoms with E-state index in [1.807, 2.05) is 0 Å². The van der Waals surface area contributed by atoms with Gasteiger partial charge in [-0.2, -0.15) is 0 Å². The summed E-state index contributed by atoms with van der Waals surface area (Å²) in [5.41, 5.74) is 0. The van der Waals surface area contributed by atoms with Crippen molar-refractivity contribution in [3.63, 3.8) is 0 Å². The predicted molar refractivity (Wildman–Crippen MR) is 44.4 cm³/mol. The third-order valence-electron chi connectivity index (χ3n) is 2.07. The second kappa shape index (κ2) is 5.38. The van der Waals surface area contributed by atoms with E-state index < -0.39 is 31.2 Å². The molecule has 0 spiro atoms. The molecule has 6 heteroatoms. The van der Waals surface area contributed by atoms with Gasteiger partial charge >= 0.3 is 0 Å². The molecule has 1 aliphatic rings. The molecule has 6 nitrogen and oxygen atoms in total. The van der Waals surface area contributed by atoms with E-state index in [0.29, 0.717) is 6.29 Å². The van der Waals surface area contributed by atoms with Crippen molar-refractivity contribution >= 4 is 6.29 Å². The number of carbonyl (C=O) groups excluding carboxylic acids is 1. The lowest BCUT2D eigenvalue weighted by atomic mass is 10.0. The van der Waals surface area contributed by atoms with Crippen LogP contribution in [-0.2, 0) is 14.3 Å². The normalized spacial score (nSPS) is 38.2. The number of hydrogen-bond acceptors (Lipinski definition) is 6. The average molecular weight is 206 g/mol. The first-order valence-electron chi connectivity index (χ1n) is 4.36. The zero-order chi connectivity index (χ0) is 10.6. The molecule has 1 heterocycles. The van der Waals surface area contributed by atoms with Crippen molar-refractivity contribution in [3.05, 3.63) is 0 Å². The summed E-state index contributed by atoms with van der Waals surface area (Å²) in [6.07, 6.45) is -3.08. The number of carbonyl (C=O) groups is 1. The lowest BCUT2D eigenvalue weighted by molar-refractivity contribution is -0.254. The molecule has 4 atom stereocenters. The topological polar surface area (TPSA) is 96.2 Å². The molecule has 3 N–H and O–H groups in total. The summed E-state index contributed by atoms with van der Waals surface area (Å²) in [5, 5.41) is 27.5. The van der Waals surface area contributed by atoms with E-state index >= 15 is 0 Å². The molecule has 0 saturated carbocycles. The van der Waals surface area contributed by atoms with Gasteiger partial charge < -0.3 is 29.6 Å². The van der Waals surface area contributed by atoms with Crippen molar-refractivity contribution in [2.75, 3.05) is 13.2 Å². The second-order valence-electron chi connectivity index (χ2n) is 3.08. The first-order chi connectivity index (χ1) is 6.69. The lowest BCUT2D eigenvalue weighted by Gasteiger charge is -2.35. The number of rotatable bonds is 4. The third kappa shape index (κ3) is 2.73. The highest BCUT2D eigenvalue weighted by atomic mass is 16.7. The molecule has 0 bridgehead atoms. The third-order valence-corrected chi connectivity index (χ3v) is 2.07. The fraction of sp³-hybridized carbons (Fsp3) is 0.875. The zero-order valence-corrected chi connectivity index (χ0v) is 7.57. The Labute approximate surface area is 81.1 Å². The molecule has 14 heavy (non-hydrogen) atoms. The van der Waals surface area contributed by atoms with Crippen molar-refractivity contribution < 1.29 is 29.6 Å². The van der Waals surface area contributed by atoms with Crippen molar-refractivity contribution in [3.8, 4) is 0 Å². The fourth-order valence-corrected chi connectivity index (χ4v) is 1.32. The van der Waals surface area contributed by atoms with Crippen LogP contribution in [0.3, 0.4) is 0 Å². The lowest BCUT2D eigenvalue weighted by Crippen LogP contribution is -2.50. The number of aldehydes is 1. The van der Waals surface area contributed by atoms with Gasteiger partial charge in [0.25, 0.3) is 0 Å². The van der Waals surface area contributed by atoms with Gasteiger partial charge in [0.15, 0.2) is 6.29 Å². The fourth-order valence-electron chi connectivity index (χ4n) is 1.32. The van der Waals surface area contributed by atoms with Gasteiger partial charge in [-0.05, 0) is 0 Å².